The number of ether oxygens (including phenoxy) is 6. The lowest BCUT2D eigenvalue weighted by molar-refractivity contribution is -0.144. The van der Waals surface area contributed by atoms with Crippen LogP contribution >= 0.6 is 0 Å². The zero-order valence-electron chi connectivity index (χ0n) is 28.0. The molecule has 10 heteroatoms. The van der Waals surface area contributed by atoms with Gasteiger partial charge in [-0.3, -0.25) is 0 Å². The Morgan fingerprint density at radius 2 is 1.70 bits per heavy atom. The van der Waals surface area contributed by atoms with Gasteiger partial charge in [-0.15, -0.1) is 0 Å². The smallest absolute Gasteiger partial charge is 0.178 e. The van der Waals surface area contributed by atoms with Crippen molar-refractivity contribution < 1.29 is 41.9 Å². The van der Waals surface area contributed by atoms with Gasteiger partial charge in [0.25, 0.3) is 0 Å². The molecule has 1 aromatic rings. The first-order valence-electron chi connectivity index (χ1n) is 16.9. The van der Waals surface area contributed by atoms with Crippen molar-refractivity contribution in [2.24, 2.45) is 11.8 Å². The Morgan fingerprint density at radius 3 is 2.37 bits per heavy atom. The number of hydrogen-bond acceptors (Lipinski definition) is 9. The highest BCUT2D eigenvalue weighted by atomic mass is 32.2. The monoisotopic (exact) mass is 662 g/mol. The molecular weight excluding hydrogens is 608 g/mol. The van der Waals surface area contributed by atoms with E-state index < -0.39 is 33.8 Å². The van der Waals surface area contributed by atoms with Crippen LogP contribution in [0.5, 0.6) is 0 Å². The molecule has 0 spiro atoms. The topological polar surface area (TPSA) is 110 Å². The van der Waals surface area contributed by atoms with Gasteiger partial charge in [0.1, 0.15) is 0 Å². The van der Waals surface area contributed by atoms with Gasteiger partial charge in [0.15, 0.2) is 15.6 Å². The number of benzene rings is 1. The molecule has 9 nitrogen and oxygen atoms in total. The second-order valence-electron chi connectivity index (χ2n) is 14.1. The van der Waals surface area contributed by atoms with Gasteiger partial charge in [-0.25, -0.2) is 8.42 Å². The molecule has 4 aliphatic heterocycles. The third kappa shape index (κ3) is 8.69. The molecule has 46 heavy (non-hydrogen) atoms. The quantitative estimate of drug-likeness (QED) is 0.262. The first-order valence-corrected chi connectivity index (χ1v) is 18.6. The first-order chi connectivity index (χ1) is 21.9. The fourth-order valence-electron chi connectivity index (χ4n) is 7.70. The molecule has 3 unspecified atom stereocenters. The van der Waals surface area contributed by atoms with Crippen LogP contribution in [0.25, 0.3) is 0 Å². The average molecular weight is 663 g/mol. The van der Waals surface area contributed by atoms with Crippen LogP contribution in [0.4, 0.5) is 0 Å². The third-order valence-corrected chi connectivity index (χ3v) is 12.0. The van der Waals surface area contributed by atoms with Crippen LogP contribution in [0.1, 0.15) is 72.1 Å². The number of hydrogen-bond donors (Lipinski definition) is 1. The van der Waals surface area contributed by atoms with Gasteiger partial charge in [0.05, 0.1) is 66.1 Å². The fourth-order valence-corrected chi connectivity index (χ4v) is 9.37. The molecule has 0 aromatic heterocycles. The van der Waals surface area contributed by atoms with Gasteiger partial charge >= 0.3 is 0 Å². The van der Waals surface area contributed by atoms with Crippen LogP contribution in [0.2, 0.25) is 0 Å². The van der Waals surface area contributed by atoms with Crippen molar-refractivity contribution in [3.05, 3.63) is 54.6 Å². The minimum atomic E-state index is -3.61. The molecule has 4 aliphatic rings. The van der Waals surface area contributed by atoms with E-state index in [9.17, 15) is 13.5 Å². The molecule has 4 heterocycles. The molecule has 0 bridgehead atoms. The van der Waals surface area contributed by atoms with Crippen LogP contribution in [-0.4, -0.2) is 94.2 Å². The van der Waals surface area contributed by atoms with Crippen LogP contribution in [0.3, 0.4) is 0 Å². The highest BCUT2D eigenvalue weighted by Crippen LogP contribution is 2.42. The Hall–Kier alpha value is -1.63. The molecule has 1 aromatic carbocycles. The first kappa shape index (κ1) is 35.7. The molecule has 0 radical (unpaired) electrons. The Morgan fingerprint density at radius 1 is 0.957 bits per heavy atom. The molecule has 4 saturated heterocycles. The van der Waals surface area contributed by atoms with Crippen molar-refractivity contribution in [2.45, 2.75) is 132 Å². The molecule has 4 fully saturated rings. The second kappa shape index (κ2) is 15.3. The lowest BCUT2D eigenvalue weighted by atomic mass is 9.83. The third-order valence-electron chi connectivity index (χ3n) is 10.2. The summed E-state index contributed by atoms with van der Waals surface area (Å²) in [5.41, 5.74) is 2.13. The Bertz CT molecular complexity index is 1280. The highest BCUT2D eigenvalue weighted by Gasteiger charge is 2.50. The van der Waals surface area contributed by atoms with E-state index in [0.717, 1.165) is 49.7 Å². The van der Waals surface area contributed by atoms with E-state index in [1.165, 1.54) is 0 Å². The van der Waals surface area contributed by atoms with Crippen molar-refractivity contribution >= 4 is 9.84 Å². The largest absolute Gasteiger partial charge is 0.396 e. The zero-order valence-corrected chi connectivity index (χ0v) is 28.8. The highest BCUT2D eigenvalue weighted by molar-refractivity contribution is 7.91. The van der Waals surface area contributed by atoms with Crippen LogP contribution < -0.4 is 0 Å². The fraction of sp³-hybridized carbons (Fsp3) is 0.722. The number of rotatable bonds is 14. The number of methoxy groups -OCH3 is 1. The van der Waals surface area contributed by atoms with E-state index >= 15 is 0 Å². The van der Waals surface area contributed by atoms with E-state index in [1.54, 1.807) is 31.4 Å². The maximum Gasteiger partial charge on any atom is 0.178 e. The lowest BCUT2D eigenvalue weighted by Gasteiger charge is -2.38. The standard InChI is InChI=1S/C36H54O9S/c1-23-17-27(14-15-31-24(2)18-26(42-31)11-10-16-37)43-32(25(23)3)20-33-30(22-46(38,39)29-12-8-7-9-13-29)35(40-6)34(44-33)19-28-21-41-36(4,5)45-28/h7-9,12-13,23,26-28,30-35,37H,2-3,10-11,14-22H2,1,4-6H3/t23-,26+,27+,28+,30?,31?,32?,33+,34-,35-/m1/s1. The summed E-state index contributed by atoms with van der Waals surface area (Å²) >= 11 is 0. The maximum atomic E-state index is 13.7. The zero-order chi connectivity index (χ0) is 33.1. The second-order valence-corrected chi connectivity index (χ2v) is 16.1. The predicted octanol–water partition coefficient (Wildman–Crippen LogP) is 5.41. The van der Waals surface area contributed by atoms with E-state index in [1.807, 2.05) is 19.9 Å². The summed E-state index contributed by atoms with van der Waals surface area (Å²) in [5.74, 6) is -0.923. The van der Waals surface area contributed by atoms with Crippen molar-refractivity contribution in [2.75, 3.05) is 26.1 Å². The van der Waals surface area contributed by atoms with Crippen molar-refractivity contribution in [1.82, 2.24) is 0 Å². The van der Waals surface area contributed by atoms with Gasteiger partial charge in [-0.05, 0) is 81.6 Å². The van der Waals surface area contributed by atoms with Gasteiger partial charge in [0, 0.05) is 32.5 Å². The summed E-state index contributed by atoms with van der Waals surface area (Å²) in [6.45, 7) is 15.3. The van der Waals surface area contributed by atoms with E-state index in [4.69, 9.17) is 28.4 Å². The average Bonchev–Trinajstić information content (AvgIpc) is 3.66. The van der Waals surface area contributed by atoms with Crippen LogP contribution in [0, 0.1) is 11.8 Å². The van der Waals surface area contributed by atoms with Gasteiger partial charge in [-0.1, -0.05) is 38.3 Å². The van der Waals surface area contributed by atoms with Crippen LogP contribution in [-0.2, 0) is 38.3 Å². The number of sulfone groups is 1. The Balaban J connectivity index is 1.29. The molecule has 0 aliphatic carbocycles. The van der Waals surface area contributed by atoms with Crippen molar-refractivity contribution in [1.29, 1.82) is 0 Å². The van der Waals surface area contributed by atoms with Crippen molar-refractivity contribution in [3.63, 3.8) is 0 Å². The van der Waals surface area contributed by atoms with E-state index in [2.05, 4.69) is 20.1 Å². The molecule has 10 atom stereocenters. The number of aliphatic hydroxyl groups excluding tert-OH is 1. The molecule has 5 rings (SSSR count). The summed E-state index contributed by atoms with van der Waals surface area (Å²) < 4.78 is 65.0. The molecule has 0 saturated carbocycles. The minimum absolute atomic E-state index is 0.00639. The minimum Gasteiger partial charge on any atom is -0.396 e. The van der Waals surface area contributed by atoms with Crippen molar-refractivity contribution in [3.8, 4) is 0 Å². The number of aliphatic hydroxyl groups is 1. The van der Waals surface area contributed by atoms with Gasteiger partial charge < -0.3 is 33.5 Å². The maximum absolute atomic E-state index is 13.7. The molecule has 0 amide bonds. The molecule has 258 valence electrons. The molecule has 1 N–H and O–H groups in total. The van der Waals surface area contributed by atoms with Gasteiger partial charge in [0.2, 0.25) is 0 Å². The Labute approximate surface area is 275 Å². The Kier molecular flexibility index (Phi) is 11.9. The van der Waals surface area contributed by atoms with Gasteiger partial charge in [-0.2, -0.15) is 0 Å². The summed E-state index contributed by atoms with van der Waals surface area (Å²) in [7, 11) is -1.99. The summed E-state index contributed by atoms with van der Waals surface area (Å²) in [6.07, 6.45) is 4.48. The lowest BCUT2D eigenvalue weighted by Crippen LogP contribution is -2.40. The SMILES string of the molecule is C=C1C[C@H](CCCO)OC1CC[C@H]1C[C@@H](C)C(=C)C(C[C@@H]2O[C@H](C[C@H]3COC(C)(C)O3)[C@H](OC)C2CS(=O)(=O)c2ccccc2)O1. The molecular formula is C36H54O9S. The van der Waals surface area contributed by atoms with Crippen LogP contribution in [0.15, 0.2) is 59.5 Å². The van der Waals surface area contributed by atoms with E-state index in [0.29, 0.717) is 24.3 Å². The van der Waals surface area contributed by atoms with E-state index in [-0.39, 0.29) is 54.9 Å². The predicted molar refractivity (Wildman–Crippen MR) is 175 cm³/mol. The summed E-state index contributed by atoms with van der Waals surface area (Å²) in [6, 6.07) is 8.58. The normalized spacial score (nSPS) is 36.5. The summed E-state index contributed by atoms with van der Waals surface area (Å²) in [4.78, 5) is 0.294. The summed E-state index contributed by atoms with van der Waals surface area (Å²) in [5, 5.41) is 9.20.